The molecule has 1 aliphatic carbocycles. The molecule has 1 heterocycles. The molecule has 1 aromatic carbocycles. The largest absolute Gasteiger partial charge is 0.296 e. The SMILES string of the molecule is NNC(=O)c1cccc(CN2CCCC2C2CCCC2)c1. The zero-order chi connectivity index (χ0) is 14.7. The van der Waals surface area contributed by atoms with Crippen molar-refractivity contribution in [2.75, 3.05) is 6.54 Å². The van der Waals surface area contributed by atoms with Crippen molar-refractivity contribution in [2.24, 2.45) is 11.8 Å². The van der Waals surface area contributed by atoms with Crippen LogP contribution in [0.1, 0.15) is 54.4 Å². The van der Waals surface area contributed by atoms with Gasteiger partial charge in [0.2, 0.25) is 0 Å². The van der Waals surface area contributed by atoms with Crippen LogP contribution in [-0.4, -0.2) is 23.4 Å². The zero-order valence-corrected chi connectivity index (χ0v) is 12.6. The van der Waals surface area contributed by atoms with E-state index < -0.39 is 0 Å². The summed E-state index contributed by atoms with van der Waals surface area (Å²) < 4.78 is 0. The molecule has 0 aromatic heterocycles. The van der Waals surface area contributed by atoms with E-state index in [-0.39, 0.29) is 5.91 Å². The van der Waals surface area contributed by atoms with Crippen LogP contribution in [0.5, 0.6) is 0 Å². The smallest absolute Gasteiger partial charge is 0.265 e. The highest BCUT2D eigenvalue weighted by atomic mass is 16.2. The Hall–Kier alpha value is -1.39. The molecule has 3 rings (SSSR count). The first-order valence-electron chi connectivity index (χ1n) is 8.12. The summed E-state index contributed by atoms with van der Waals surface area (Å²) in [6, 6.07) is 8.58. The topological polar surface area (TPSA) is 58.4 Å². The fourth-order valence-corrected chi connectivity index (χ4v) is 4.05. The van der Waals surface area contributed by atoms with Gasteiger partial charge in [0.05, 0.1) is 0 Å². The van der Waals surface area contributed by atoms with Gasteiger partial charge in [-0.05, 0) is 55.8 Å². The summed E-state index contributed by atoms with van der Waals surface area (Å²) in [7, 11) is 0. The van der Waals surface area contributed by atoms with Crippen molar-refractivity contribution in [2.45, 2.75) is 51.1 Å². The Balaban J connectivity index is 1.69. The van der Waals surface area contributed by atoms with E-state index in [9.17, 15) is 4.79 Å². The second-order valence-electron chi connectivity index (χ2n) is 6.40. The Kier molecular flexibility index (Phi) is 4.56. The molecule has 2 fully saturated rings. The molecule has 2 aliphatic rings. The summed E-state index contributed by atoms with van der Waals surface area (Å²) in [6.45, 7) is 2.14. The number of hydrogen-bond donors (Lipinski definition) is 2. The van der Waals surface area contributed by atoms with Gasteiger partial charge in [-0.25, -0.2) is 5.84 Å². The third-order valence-corrected chi connectivity index (χ3v) is 5.06. The van der Waals surface area contributed by atoms with Crippen LogP contribution in [-0.2, 0) is 6.54 Å². The highest BCUT2D eigenvalue weighted by Crippen LogP contribution is 2.36. The highest BCUT2D eigenvalue weighted by Gasteiger charge is 2.33. The number of nitrogens with one attached hydrogen (secondary N) is 1. The first-order chi connectivity index (χ1) is 10.3. The minimum Gasteiger partial charge on any atom is -0.296 e. The third kappa shape index (κ3) is 3.27. The first kappa shape index (κ1) is 14.5. The summed E-state index contributed by atoms with van der Waals surface area (Å²) in [5, 5.41) is 0. The number of nitrogens with two attached hydrogens (primary N) is 1. The van der Waals surface area contributed by atoms with E-state index >= 15 is 0 Å². The molecule has 21 heavy (non-hydrogen) atoms. The molecule has 3 N–H and O–H groups in total. The molecular formula is C17H25N3O. The van der Waals surface area contributed by atoms with Gasteiger partial charge in [0.15, 0.2) is 0 Å². The molecule has 4 nitrogen and oxygen atoms in total. The lowest BCUT2D eigenvalue weighted by atomic mass is 9.95. The normalized spacial score (nSPS) is 23.6. The molecule has 1 atom stereocenters. The fourth-order valence-electron chi connectivity index (χ4n) is 4.05. The van der Waals surface area contributed by atoms with Crippen LogP contribution in [0.2, 0.25) is 0 Å². The Bertz CT molecular complexity index is 497. The molecule has 114 valence electrons. The first-order valence-corrected chi connectivity index (χ1v) is 8.12. The lowest BCUT2D eigenvalue weighted by molar-refractivity contribution is 0.0953. The highest BCUT2D eigenvalue weighted by molar-refractivity contribution is 5.93. The van der Waals surface area contributed by atoms with E-state index in [0.29, 0.717) is 5.56 Å². The van der Waals surface area contributed by atoms with Crippen molar-refractivity contribution in [1.82, 2.24) is 10.3 Å². The molecular weight excluding hydrogens is 262 g/mol. The molecule has 1 saturated heterocycles. The number of carbonyl (C=O) groups excluding carboxylic acids is 1. The molecule has 1 unspecified atom stereocenters. The quantitative estimate of drug-likeness (QED) is 0.508. The van der Waals surface area contributed by atoms with Crippen molar-refractivity contribution in [3.63, 3.8) is 0 Å². The summed E-state index contributed by atoms with van der Waals surface area (Å²) in [6.07, 6.45) is 8.26. The average Bonchev–Trinajstić information content (AvgIpc) is 3.17. The van der Waals surface area contributed by atoms with Gasteiger partial charge in [-0.15, -0.1) is 0 Å². The molecule has 0 bridgehead atoms. The number of rotatable bonds is 4. The number of carbonyl (C=O) groups is 1. The monoisotopic (exact) mass is 287 g/mol. The van der Waals surface area contributed by atoms with Gasteiger partial charge in [-0.2, -0.15) is 0 Å². The predicted molar refractivity (Wildman–Crippen MR) is 83.5 cm³/mol. The van der Waals surface area contributed by atoms with Gasteiger partial charge in [-0.3, -0.25) is 15.1 Å². The maximum Gasteiger partial charge on any atom is 0.265 e. The van der Waals surface area contributed by atoms with Crippen LogP contribution in [0.25, 0.3) is 0 Å². The third-order valence-electron chi connectivity index (χ3n) is 5.06. The van der Waals surface area contributed by atoms with Gasteiger partial charge >= 0.3 is 0 Å². The zero-order valence-electron chi connectivity index (χ0n) is 12.6. The van der Waals surface area contributed by atoms with E-state index in [2.05, 4.69) is 16.4 Å². The van der Waals surface area contributed by atoms with Gasteiger partial charge in [-0.1, -0.05) is 25.0 Å². The summed E-state index contributed by atoms with van der Waals surface area (Å²) in [5.41, 5.74) is 4.06. The van der Waals surface area contributed by atoms with Crippen LogP contribution in [0.3, 0.4) is 0 Å². The standard InChI is InChI=1S/C17H25N3O/c18-19-17(21)15-8-3-5-13(11-15)12-20-10-4-9-16(20)14-6-1-2-7-14/h3,5,8,11,14,16H,1-2,4,6-7,9-10,12,18H2,(H,19,21). The minimum absolute atomic E-state index is 0.217. The Labute approximate surface area is 126 Å². The molecule has 1 aromatic rings. The summed E-state index contributed by atoms with van der Waals surface area (Å²) >= 11 is 0. The Morgan fingerprint density at radius 3 is 2.81 bits per heavy atom. The van der Waals surface area contributed by atoms with E-state index in [4.69, 9.17) is 5.84 Å². The lowest BCUT2D eigenvalue weighted by Crippen LogP contribution is -2.34. The second-order valence-corrected chi connectivity index (χ2v) is 6.40. The van der Waals surface area contributed by atoms with E-state index in [1.165, 1.54) is 50.6 Å². The number of amides is 1. The fraction of sp³-hybridized carbons (Fsp3) is 0.588. The Morgan fingerprint density at radius 1 is 1.24 bits per heavy atom. The van der Waals surface area contributed by atoms with Crippen LogP contribution < -0.4 is 11.3 Å². The second kappa shape index (κ2) is 6.58. The van der Waals surface area contributed by atoms with Gasteiger partial charge in [0.25, 0.3) is 5.91 Å². The molecule has 0 spiro atoms. The summed E-state index contributed by atoms with van der Waals surface area (Å²) in [4.78, 5) is 14.2. The molecule has 1 saturated carbocycles. The Morgan fingerprint density at radius 2 is 2.05 bits per heavy atom. The van der Waals surface area contributed by atoms with E-state index in [1.807, 2.05) is 18.2 Å². The van der Waals surface area contributed by atoms with Gasteiger partial charge < -0.3 is 0 Å². The maximum atomic E-state index is 11.6. The van der Waals surface area contributed by atoms with Crippen molar-refractivity contribution in [3.05, 3.63) is 35.4 Å². The van der Waals surface area contributed by atoms with Crippen molar-refractivity contribution >= 4 is 5.91 Å². The molecule has 1 amide bonds. The van der Waals surface area contributed by atoms with E-state index in [1.54, 1.807) is 0 Å². The van der Waals surface area contributed by atoms with Crippen LogP contribution in [0, 0.1) is 5.92 Å². The number of nitrogens with zero attached hydrogens (tertiary/aromatic N) is 1. The number of hydrogen-bond acceptors (Lipinski definition) is 3. The molecule has 0 radical (unpaired) electrons. The number of hydrazine groups is 1. The number of benzene rings is 1. The van der Waals surface area contributed by atoms with Crippen molar-refractivity contribution < 1.29 is 4.79 Å². The van der Waals surface area contributed by atoms with Crippen molar-refractivity contribution in [1.29, 1.82) is 0 Å². The number of nitrogen functional groups attached to an aromatic ring is 1. The van der Waals surface area contributed by atoms with Crippen LogP contribution in [0.4, 0.5) is 0 Å². The van der Waals surface area contributed by atoms with Crippen LogP contribution in [0.15, 0.2) is 24.3 Å². The predicted octanol–water partition coefficient (Wildman–Crippen LogP) is 2.44. The molecule has 4 heteroatoms. The van der Waals surface area contributed by atoms with E-state index in [0.717, 1.165) is 18.5 Å². The van der Waals surface area contributed by atoms with Crippen LogP contribution >= 0.6 is 0 Å². The summed E-state index contributed by atoms with van der Waals surface area (Å²) in [5.74, 6) is 5.89. The average molecular weight is 287 g/mol. The van der Waals surface area contributed by atoms with Gasteiger partial charge in [0.1, 0.15) is 0 Å². The molecule has 1 aliphatic heterocycles. The maximum absolute atomic E-state index is 11.6. The minimum atomic E-state index is -0.217. The van der Waals surface area contributed by atoms with Gasteiger partial charge in [0, 0.05) is 18.2 Å². The van der Waals surface area contributed by atoms with Crippen molar-refractivity contribution in [3.8, 4) is 0 Å². The number of likely N-dealkylation sites (tertiary alicyclic amines) is 1. The lowest BCUT2D eigenvalue weighted by Gasteiger charge is -2.29.